The van der Waals surface area contributed by atoms with Crippen LogP contribution in [0, 0.1) is 0 Å². The molecule has 2 fully saturated rings. The smallest absolute Gasteiger partial charge is 0.255 e. The summed E-state index contributed by atoms with van der Waals surface area (Å²) in [5.41, 5.74) is 0.687. The van der Waals surface area contributed by atoms with Crippen LogP contribution in [0.4, 0.5) is 4.39 Å². The average Bonchev–Trinajstić information content (AvgIpc) is 3.44. The summed E-state index contributed by atoms with van der Waals surface area (Å²) in [4.78, 5) is 20.5. The van der Waals surface area contributed by atoms with Crippen molar-refractivity contribution in [3.05, 3.63) is 59.5 Å². The van der Waals surface area contributed by atoms with Gasteiger partial charge in [0.15, 0.2) is 5.67 Å². The molecule has 0 aromatic carbocycles. The van der Waals surface area contributed by atoms with Gasteiger partial charge in [0.25, 0.3) is 5.91 Å². The first-order valence-corrected chi connectivity index (χ1v) is 10.5. The van der Waals surface area contributed by atoms with Crippen LogP contribution in [0.25, 0.3) is 10.4 Å². The number of hydrogen-bond donors (Lipinski definition) is 1. The van der Waals surface area contributed by atoms with Crippen LogP contribution in [0.3, 0.4) is 0 Å². The Hall–Kier alpha value is -2.54. The zero-order valence-electron chi connectivity index (χ0n) is 15.3. The monoisotopic (exact) mass is 396 g/mol. The van der Waals surface area contributed by atoms with Crippen LogP contribution in [-0.4, -0.2) is 38.1 Å². The second kappa shape index (κ2) is 6.81. The van der Waals surface area contributed by atoms with E-state index >= 15 is 4.39 Å². The van der Waals surface area contributed by atoms with Crippen molar-refractivity contribution in [2.24, 2.45) is 0 Å². The summed E-state index contributed by atoms with van der Waals surface area (Å²) in [7, 11) is 0. The molecule has 2 saturated heterocycles. The van der Waals surface area contributed by atoms with E-state index in [9.17, 15) is 4.79 Å². The number of amides is 1. The highest BCUT2D eigenvalue weighted by Crippen LogP contribution is 2.45. The first-order valence-electron chi connectivity index (χ1n) is 9.65. The molecule has 0 spiro atoms. The second-order valence-corrected chi connectivity index (χ2v) is 8.62. The van der Waals surface area contributed by atoms with E-state index < -0.39 is 5.67 Å². The SMILES string of the molecule is O=C(c1csc(-c2cn[nH]c2)c1)N1C2CCC1CC(F)(c1ccccn1)CC2. The molecule has 2 aliphatic rings. The summed E-state index contributed by atoms with van der Waals surface area (Å²) >= 11 is 1.53. The maximum Gasteiger partial charge on any atom is 0.255 e. The van der Waals surface area contributed by atoms with Crippen molar-refractivity contribution in [3.63, 3.8) is 0 Å². The van der Waals surface area contributed by atoms with E-state index in [-0.39, 0.29) is 18.0 Å². The van der Waals surface area contributed by atoms with Crippen LogP contribution in [0.2, 0.25) is 0 Å². The molecule has 5 heterocycles. The number of nitrogens with zero attached hydrogens (tertiary/aromatic N) is 3. The number of fused-ring (bicyclic) bond motifs is 2. The summed E-state index contributed by atoms with van der Waals surface area (Å²) in [5, 5.41) is 8.67. The van der Waals surface area contributed by atoms with Gasteiger partial charge in [-0.05, 0) is 43.9 Å². The van der Waals surface area contributed by atoms with Crippen molar-refractivity contribution in [3.8, 4) is 10.4 Å². The van der Waals surface area contributed by atoms with Crippen LogP contribution in [-0.2, 0) is 5.67 Å². The summed E-state index contributed by atoms with van der Waals surface area (Å²) in [6.45, 7) is 0. The molecule has 0 saturated carbocycles. The quantitative estimate of drug-likeness (QED) is 0.706. The number of carbonyl (C=O) groups is 1. The normalized spacial score (nSPS) is 27.0. The van der Waals surface area contributed by atoms with Crippen molar-refractivity contribution < 1.29 is 9.18 Å². The lowest BCUT2D eigenvalue weighted by atomic mass is 9.86. The zero-order valence-corrected chi connectivity index (χ0v) is 16.2. The van der Waals surface area contributed by atoms with Crippen LogP contribution in [0.1, 0.15) is 48.2 Å². The number of pyridine rings is 1. The van der Waals surface area contributed by atoms with Gasteiger partial charge in [-0.25, -0.2) is 4.39 Å². The van der Waals surface area contributed by atoms with E-state index in [4.69, 9.17) is 0 Å². The second-order valence-electron chi connectivity index (χ2n) is 7.71. The molecule has 144 valence electrons. The highest BCUT2D eigenvalue weighted by molar-refractivity contribution is 7.13. The molecule has 2 bridgehead atoms. The lowest BCUT2D eigenvalue weighted by Gasteiger charge is -2.29. The highest BCUT2D eigenvalue weighted by atomic mass is 32.1. The number of aromatic nitrogens is 3. The van der Waals surface area contributed by atoms with Gasteiger partial charge in [0.2, 0.25) is 0 Å². The summed E-state index contributed by atoms with van der Waals surface area (Å²) < 4.78 is 15.8. The fourth-order valence-electron chi connectivity index (χ4n) is 4.64. The van der Waals surface area contributed by atoms with Gasteiger partial charge in [-0.1, -0.05) is 6.07 Å². The third kappa shape index (κ3) is 2.94. The largest absolute Gasteiger partial charge is 0.333 e. The molecule has 3 unspecified atom stereocenters. The maximum atomic E-state index is 15.8. The Bertz CT molecular complexity index is 973. The van der Waals surface area contributed by atoms with Gasteiger partial charge in [0.05, 0.1) is 17.5 Å². The van der Waals surface area contributed by atoms with Crippen LogP contribution >= 0.6 is 11.3 Å². The molecule has 7 heteroatoms. The lowest BCUT2D eigenvalue weighted by molar-refractivity contribution is 0.0635. The maximum absolute atomic E-state index is 15.8. The van der Waals surface area contributed by atoms with Gasteiger partial charge in [-0.2, -0.15) is 5.10 Å². The zero-order chi connectivity index (χ0) is 19.1. The Balaban J connectivity index is 1.41. The van der Waals surface area contributed by atoms with Crippen molar-refractivity contribution >= 4 is 17.2 Å². The van der Waals surface area contributed by atoms with Crippen molar-refractivity contribution in [2.75, 3.05) is 0 Å². The van der Waals surface area contributed by atoms with E-state index in [2.05, 4.69) is 15.2 Å². The van der Waals surface area contributed by atoms with Crippen LogP contribution in [0.5, 0.6) is 0 Å². The molecule has 5 rings (SSSR count). The van der Waals surface area contributed by atoms with Crippen molar-refractivity contribution in [2.45, 2.75) is 49.9 Å². The molecule has 3 aromatic rings. The minimum atomic E-state index is -1.46. The van der Waals surface area contributed by atoms with Crippen LogP contribution < -0.4 is 0 Å². The third-order valence-corrected chi connectivity index (χ3v) is 7.02. The van der Waals surface area contributed by atoms with Gasteiger partial charge in [0.1, 0.15) is 0 Å². The number of rotatable bonds is 3. The fourth-order valence-corrected chi connectivity index (χ4v) is 5.51. The molecular weight excluding hydrogens is 375 g/mol. The van der Waals surface area contributed by atoms with Gasteiger partial charge in [-0.3, -0.25) is 14.9 Å². The van der Waals surface area contributed by atoms with Gasteiger partial charge < -0.3 is 4.90 Å². The highest BCUT2D eigenvalue weighted by Gasteiger charge is 2.48. The fraction of sp³-hybridized carbons (Fsp3) is 0.381. The number of hydrogen-bond acceptors (Lipinski definition) is 4. The van der Waals surface area contributed by atoms with E-state index in [0.29, 0.717) is 30.5 Å². The van der Waals surface area contributed by atoms with Gasteiger partial charge in [-0.15, -0.1) is 11.3 Å². The standard InChI is InChI=1S/C21H21FN4OS/c22-21(19-3-1-2-8-23-19)7-6-16-4-5-17(10-21)26(16)20(27)14-9-18(28-13-14)15-11-24-25-12-15/h1-3,8-9,11-13,16-17H,4-7,10H2,(H,24,25). The topological polar surface area (TPSA) is 61.9 Å². The van der Waals surface area contributed by atoms with E-state index in [1.165, 1.54) is 11.3 Å². The minimum absolute atomic E-state index is 0.0174. The minimum Gasteiger partial charge on any atom is -0.333 e. The number of carbonyl (C=O) groups excluding carboxylic acids is 1. The number of alkyl halides is 1. The van der Waals surface area contributed by atoms with Crippen LogP contribution in [0.15, 0.2) is 48.2 Å². The Morgan fingerprint density at radius 3 is 2.96 bits per heavy atom. The number of thiophene rings is 1. The summed E-state index contributed by atoms with van der Waals surface area (Å²) in [6, 6.07) is 7.35. The van der Waals surface area contributed by atoms with E-state index in [1.807, 2.05) is 28.6 Å². The van der Waals surface area contributed by atoms with Gasteiger partial charge in [0, 0.05) is 46.7 Å². The summed E-state index contributed by atoms with van der Waals surface area (Å²) in [6.07, 6.45) is 8.44. The Kier molecular flexibility index (Phi) is 4.27. The first-order chi connectivity index (χ1) is 13.6. The number of H-pyrrole nitrogens is 1. The molecular formula is C21H21FN4OS. The number of halogens is 1. The first kappa shape index (κ1) is 17.6. The lowest BCUT2D eigenvalue weighted by Crippen LogP contribution is -2.40. The molecule has 1 amide bonds. The molecule has 0 aliphatic carbocycles. The predicted octanol–water partition coefficient (Wildman–Crippen LogP) is 4.56. The molecule has 28 heavy (non-hydrogen) atoms. The molecule has 5 nitrogen and oxygen atoms in total. The van der Waals surface area contributed by atoms with E-state index in [0.717, 1.165) is 23.3 Å². The predicted molar refractivity (Wildman–Crippen MR) is 106 cm³/mol. The number of nitrogens with one attached hydrogen (secondary N) is 1. The molecule has 3 aromatic heterocycles. The van der Waals surface area contributed by atoms with Gasteiger partial charge >= 0.3 is 0 Å². The Labute approximate surface area is 166 Å². The molecule has 3 atom stereocenters. The molecule has 0 radical (unpaired) electrons. The third-order valence-electron chi connectivity index (χ3n) is 6.04. The van der Waals surface area contributed by atoms with E-state index in [1.54, 1.807) is 24.5 Å². The molecule has 2 aliphatic heterocycles. The molecule has 1 N–H and O–H groups in total. The Morgan fingerprint density at radius 2 is 2.18 bits per heavy atom. The summed E-state index contributed by atoms with van der Waals surface area (Å²) in [5.74, 6) is 0.0174. The Morgan fingerprint density at radius 1 is 1.29 bits per heavy atom. The average molecular weight is 396 g/mol. The van der Waals surface area contributed by atoms with Crippen molar-refractivity contribution in [1.29, 1.82) is 0 Å². The number of aromatic amines is 1. The van der Waals surface area contributed by atoms with Crippen molar-refractivity contribution in [1.82, 2.24) is 20.1 Å².